The van der Waals surface area contributed by atoms with Gasteiger partial charge in [0.25, 0.3) is 0 Å². The Balaban J connectivity index is 1.65. The first kappa shape index (κ1) is 23.8. The van der Waals surface area contributed by atoms with Crippen molar-refractivity contribution in [2.24, 2.45) is 5.73 Å². The molecule has 1 saturated heterocycles. The van der Waals surface area contributed by atoms with Gasteiger partial charge in [-0.2, -0.15) is 0 Å². The molecule has 1 aliphatic heterocycles. The number of hydrogen-bond acceptors (Lipinski definition) is 4. The first-order chi connectivity index (χ1) is 15.3. The Morgan fingerprint density at radius 1 is 1.09 bits per heavy atom. The molecule has 172 valence electrons. The molecule has 0 aliphatic carbocycles. The summed E-state index contributed by atoms with van der Waals surface area (Å²) < 4.78 is 27.3. The molecule has 6 nitrogen and oxygen atoms in total. The van der Waals surface area contributed by atoms with Crippen molar-refractivity contribution in [3.05, 3.63) is 71.3 Å². The molecule has 8 heteroatoms. The quantitative estimate of drug-likeness (QED) is 0.682. The van der Waals surface area contributed by atoms with E-state index in [1.54, 1.807) is 42.3 Å². The Kier molecular flexibility index (Phi) is 7.93. The molecule has 1 aliphatic rings. The van der Waals surface area contributed by atoms with Gasteiger partial charge in [0.1, 0.15) is 11.6 Å². The van der Waals surface area contributed by atoms with Crippen molar-refractivity contribution in [3.8, 4) is 0 Å². The average molecular weight is 445 g/mol. The minimum absolute atomic E-state index is 0.164. The first-order valence-electron chi connectivity index (χ1n) is 10.8. The third kappa shape index (κ3) is 5.69. The van der Waals surface area contributed by atoms with Crippen molar-refractivity contribution in [1.82, 2.24) is 15.1 Å². The van der Waals surface area contributed by atoms with E-state index >= 15 is 0 Å². The molecular formula is C24H30F2N4O2. The molecule has 3 unspecified atom stereocenters. The van der Waals surface area contributed by atoms with E-state index in [4.69, 9.17) is 5.73 Å². The zero-order valence-corrected chi connectivity index (χ0v) is 18.4. The van der Waals surface area contributed by atoms with Crippen molar-refractivity contribution in [1.29, 1.82) is 0 Å². The van der Waals surface area contributed by atoms with Gasteiger partial charge >= 0.3 is 0 Å². The molecule has 0 bridgehead atoms. The summed E-state index contributed by atoms with van der Waals surface area (Å²) in [4.78, 5) is 29.3. The van der Waals surface area contributed by atoms with E-state index in [1.807, 2.05) is 11.8 Å². The molecule has 0 spiro atoms. The number of piperazine rings is 1. The molecule has 32 heavy (non-hydrogen) atoms. The fraction of sp³-hybridized carbons (Fsp3) is 0.417. The lowest BCUT2D eigenvalue weighted by Crippen LogP contribution is -2.61. The van der Waals surface area contributed by atoms with Crippen molar-refractivity contribution in [3.63, 3.8) is 0 Å². The molecule has 0 saturated carbocycles. The Bertz CT molecular complexity index is 938. The lowest BCUT2D eigenvalue weighted by molar-refractivity contribution is -0.138. The fourth-order valence-electron chi connectivity index (χ4n) is 4.20. The summed E-state index contributed by atoms with van der Waals surface area (Å²) in [6, 6.07) is 11.0. The van der Waals surface area contributed by atoms with E-state index in [0.717, 1.165) is 5.56 Å². The summed E-state index contributed by atoms with van der Waals surface area (Å²) in [6.07, 6.45) is 0.567. The van der Waals surface area contributed by atoms with Crippen LogP contribution in [0.15, 0.2) is 48.5 Å². The summed E-state index contributed by atoms with van der Waals surface area (Å²) in [7, 11) is 1.56. The highest BCUT2D eigenvalue weighted by Gasteiger charge is 2.35. The van der Waals surface area contributed by atoms with Gasteiger partial charge in [-0.3, -0.25) is 14.5 Å². The number of benzene rings is 2. The number of halogens is 2. The van der Waals surface area contributed by atoms with Crippen LogP contribution < -0.4 is 11.1 Å². The maximum Gasteiger partial charge on any atom is 0.240 e. The molecule has 0 radical (unpaired) electrons. The Hall–Kier alpha value is -2.84. The maximum absolute atomic E-state index is 14.2. The minimum atomic E-state index is -0.734. The first-order valence-corrected chi connectivity index (χ1v) is 10.8. The van der Waals surface area contributed by atoms with Gasteiger partial charge in [0, 0.05) is 32.7 Å². The monoisotopic (exact) mass is 444 g/mol. The highest BCUT2D eigenvalue weighted by atomic mass is 19.1. The molecule has 2 amide bonds. The highest BCUT2D eigenvalue weighted by Crippen LogP contribution is 2.19. The largest absolute Gasteiger partial charge is 0.358 e. The molecule has 2 aromatic rings. The average Bonchev–Trinajstić information content (AvgIpc) is 2.79. The maximum atomic E-state index is 14.2. The van der Waals surface area contributed by atoms with Gasteiger partial charge in [-0.25, -0.2) is 8.78 Å². The molecule has 2 aromatic carbocycles. The van der Waals surface area contributed by atoms with Crippen LogP contribution in [0, 0.1) is 11.6 Å². The van der Waals surface area contributed by atoms with Crippen molar-refractivity contribution in [2.75, 3.05) is 26.7 Å². The number of nitrogens with two attached hydrogens (primary N) is 1. The number of hydrogen-bond donors (Lipinski definition) is 2. The number of rotatable bonds is 7. The predicted octanol–water partition coefficient (Wildman–Crippen LogP) is 1.72. The Morgan fingerprint density at radius 3 is 2.41 bits per heavy atom. The van der Waals surface area contributed by atoms with Crippen LogP contribution in [-0.4, -0.2) is 66.4 Å². The molecule has 3 N–H and O–H groups in total. The van der Waals surface area contributed by atoms with Gasteiger partial charge in [0.05, 0.1) is 12.1 Å². The van der Waals surface area contributed by atoms with Crippen molar-refractivity contribution in [2.45, 2.75) is 37.9 Å². The van der Waals surface area contributed by atoms with Crippen molar-refractivity contribution >= 4 is 11.8 Å². The summed E-state index contributed by atoms with van der Waals surface area (Å²) in [6.45, 7) is 3.29. The number of amides is 2. The Morgan fingerprint density at radius 2 is 1.78 bits per heavy atom. The summed E-state index contributed by atoms with van der Waals surface area (Å²) in [5.74, 6) is -1.03. The van der Waals surface area contributed by atoms with Crippen LogP contribution in [0.2, 0.25) is 0 Å². The summed E-state index contributed by atoms with van der Waals surface area (Å²) in [5.41, 5.74) is 7.43. The number of carbonyl (C=O) groups excluding carboxylic acids is 2. The lowest BCUT2D eigenvalue weighted by atomic mass is 10.00. The normalized spacial score (nSPS) is 18.8. The number of likely N-dealkylation sites (N-methyl/N-ethyl adjacent to an activating group) is 1. The van der Waals surface area contributed by atoms with E-state index in [-0.39, 0.29) is 35.9 Å². The van der Waals surface area contributed by atoms with Crippen LogP contribution in [0.1, 0.15) is 18.1 Å². The van der Waals surface area contributed by atoms with Crippen LogP contribution in [-0.2, 0) is 22.4 Å². The van der Waals surface area contributed by atoms with Gasteiger partial charge in [-0.1, -0.05) is 30.3 Å². The van der Waals surface area contributed by atoms with Gasteiger partial charge in [-0.05, 0) is 49.1 Å². The van der Waals surface area contributed by atoms with Crippen LogP contribution in [0.25, 0.3) is 0 Å². The van der Waals surface area contributed by atoms with Crippen LogP contribution in [0.3, 0.4) is 0 Å². The van der Waals surface area contributed by atoms with Crippen LogP contribution in [0.5, 0.6) is 0 Å². The van der Waals surface area contributed by atoms with E-state index in [2.05, 4.69) is 5.32 Å². The SMILES string of the molecule is CNC(=O)C(Cc1ccccc1F)N1CCN(C(=O)C(N)Cc2ccc(F)cc2)C(C)C1. The van der Waals surface area contributed by atoms with Gasteiger partial charge < -0.3 is 16.0 Å². The zero-order chi connectivity index (χ0) is 23.3. The van der Waals surface area contributed by atoms with Gasteiger partial charge in [-0.15, -0.1) is 0 Å². The topological polar surface area (TPSA) is 78.7 Å². The van der Waals surface area contributed by atoms with E-state index in [1.165, 1.54) is 18.2 Å². The van der Waals surface area contributed by atoms with E-state index < -0.39 is 12.1 Å². The van der Waals surface area contributed by atoms with Crippen molar-refractivity contribution < 1.29 is 18.4 Å². The summed E-state index contributed by atoms with van der Waals surface area (Å²) in [5, 5.41) is 2.67. The van der Waals surface area contributed by atoms with Crippen LogP contribution in [0.4, 0.5) is 8.78 Å². The number of nitrogens with one attached hydrogen (secondary N) is 1. The standard InChI is InChI=1S/C24H30F2N4O2/c1-16-15-29(22(23(31)28-2)14-18-5-3-4-6-20(18)26)11-12-30(16)24(32)21(27)13-17-7-9-19(25)10-8-17/h3-10,16,21-22H,11-15,27H2,1-2H3,(H,28,31). The molecule has 3 rings (SSSR count). The third-order valence-electron chi connectivity index (χ3n) is 5.99. The van der Waals surface area contributed by atoms with Gasteiger partial charge in [0.2, 0.25) is 11.8 Å². The zero-order valence-electron chi connectivity index (χ0n) is 18.4. The number of carbonyl (C=O) groups is 2. The summed E-state index contributed by atoms with van der Waals surface area (Å²) >= 11 is 0. The second-order valence-corrected chi connectivity index (χ2v) is 8.24. The second-order valence-electron chi connectivity index (χ2n) is 8.24. The number of nitrogens with zero attached hydrogens (tertiary/aromatic N) is 2. The van der Waals surface area contributed by atoms with E-state index in [0.29, 0.717) is 31.6 Å². The van der Waals surface area contributed by atoms with Gasteiger partial charge in [0.15, 0.2) is 0 Å². The van der Waals surface area contributed by atoms with E-state index in [9.17, 15) is 18.4 Å². The predicted molar refractivity (Wildman–Crippen MR) is 119 cm³/mol. The Labute approximate surface area is 187 Å². The fourth-order valence-corrected chi connectivity index (χ4v) is 4.20. The molecule has 1 heterocycles. The molecule has 1 fully saturated rings. The molecular weight excluding hydrogens is 414 g/mol. The molecule has 0 aromatic heterocycles. The third-order valence-corrected chi connectivity index (χ3v) is 5.99. The lowest BCUT2D eigenvalue weighted by Gasteiger charge is -2.43. The minimum Gasteiger partial charge on any atom is -0.358 e. The highest BCUT2D eigenvalue weighted by molar-refractivity contribution is 5.83. The van der Waals surface area contributed by atoms with Crippen LogP contribution >= 0.6 is 0 Å². The smallest absolute Gasteiger partial charge is 0.240 e. The second kappa shape index (κ2) is 10.7. The molecule has 3 atom stereocenters.